The summed E-state index contributed by atoms with van der Waals surface area (Å²) in [5, 5.41) is 11.0. The number of aliphatic hydroxyl groups is 1. The molecule has 1 aliphatic heterocycles. The van der Waals surface area contributed by atoms with Crippen molar-refractivity contribution in [2.45, 2.75) is 6.04 Å². The van der Waals surface area contributed by atoms with E-state index in [0.29, 0.717) is 24.5 Å². The summed E-state index contributed by atoms with van der Waals surface area (Å²) < 4.78 is 20.1. The average Bonchev–Trinajstić information content (AvgIpc) is 3.01. The summed E-state index contributed by atoms with van der Waals surface area (Å²) in [6, 6.07) is 11.4. The largest absolute Gasteiger partial charge is 0.507 e. The van der Waals surface area contributed by atoms with Crippen molar-refractivity contribution in [1.29, 1.82) is 0 Å². The van der Waals surface area contributed by atoms with Crippen molar-refractivity contribution in [3.8, 4) is 5.75 Å². The Bertz CT molecular complexity index is 1010. The van der Waals surface area contributed by atoms with Gasteiger partial charge in [0.1, 0.15) is 23.9 Å². The number of hydrogen-bond acceptors (Lipinski definition) is 5. The number of ketones is 1. The summed E-state index contributed by atoms with van der Waals surface area (Å²) >= 11 is 0. The van der Waals surface area contributed by atoms with Crippen LogP contribution in [0, 0.1) is 5.82 Å². The predicted molar refractivity (Wildman–Crippen MR) is 116 cm³/mol. The molecule has 1 saturated heterocycles. The maximum absolute atomic E-state index is 14.7. The van der Waals surface area contributed by atoms with Crippen LogP contribution in [0.5, 0.6) is 5.75 Å². The second-order valence-electron chi connectivity index (χ2n) is 7.44. The predicted octanol–water partition coefficient (Wildman–Crippen LogP) is 3.37. The molecule has 31 heavy (non-hydrogen) atoms. The fourth-order valence-electron chi connectivity index (χ4n) is 3.46. The molecule has 2 aromatic rings. The van der Waals surface area contributed by atoms with Gasteiger partial charge in [-0.15, -0.1) is 0 Å². The number of halogens is 1. The van der Waals surface area contributed by atoms with Gasteiger partial charge in [-0.05, 0) is 44.4 Å². The van der Waals surface area contributed by atoms with Crippen molar-refractivity contribution in [2.24, 2.45) is 0 Å². The number of likely N-dealkylation sites (N-methyl/N-ethyl adjacent to an activating group) is 1. The van der Waals surface area contributed by atoms with Crippen LogP contribution in [-0.2, 0) is 9.59 Å². The lowest BCUT2D eigenvalue weighted by atomic mass is 9.95. The molecule has 1 atom stereocenters. The maximum atomic E-state index is 14.7. The van der Waals surface area contributed by atoms with E-state index in [1.807, 2.05) is 19.0 Å². The second kappa shape index (κ2) is 9.57. The van der Waals surface area contributed by atoms with Crippen molar-refractivity contribution in [1.82, 2.24) is 9.80 Å². The number of amides is 1. The van der Waals surface area contributed by atoms with Crippen LogP contribution in [-0.4, -0.2) is 60.4 Å². The Morgan fingerprint density at radius 1 is 1.19 bits per heavy atom. The van der Waals surface area contributed by atoms with Crippen LogP contribution >= 0.6 is 0 Å². The number of benzene rings is 2. The summed E-state index contributed by atoms with van der Waals surface area (Å²) in [5.74, 6) is -1.94. The minimum Gasteiger partial charge on any atom is -0.507 e. The number of rotatable bonds is 8. The Morgan fingerprint density at radius 3 is 2.48 bits per heavy atom. The summed E-state index contributed by atoms with van der Waals surface area (Å²) in [5.41, 5.74) is 0.361. The number of hydrogen-bond donors (Lipinski definition) is 1. The Labute approximate surface area is 180 Å². The van der Waals surface area contributed by atoms with Crippen molar-refractivity contribution >= 4 is 17.4 Å². The number of nitrogens with zero attached hydrogens (tertiary/aromatic N) is 2. The van der Waals surface area contributed by atoms with E-state index in [0.717, 1.165) is 0 Å². The number of carbonyl (C=O) groups is 2. The molecule has 0 saturated carbocycles. The van der Waals surface area contributed by atoms with Gasteiger partial charge >= 0.3 is 0 Å². The van der Waals surface area contributed by atoms with E-state index in [2.05, 4.69) is 6.58 Å². The zero-order valence-electron chi connectivity index (χ0n) is 17.5. The highest BCUT2D eigenvalue weighted by molar-refractivity contribution is 6.46. The van der Waals surface area contributed by atoms with E-state index in [9.17, 15) is 19.1 Å². The van der Waals surface area contributed by atoms with Crippen LogP contribution in [0.2, 0.25) is 0 Å². The van der Waals surface area contributed by atoms with Crippen LogP contribution in [0.15, 0.2) is 66.8 Å². The third-order valence-electron chi connectivity index (χ3n) is 5.02. The fourth-order valence-corrected chi connectivity index (χ4v) is 3.46. The molecule has 6 nitrogen and oxygen atoms in total. The number of likely N-dealkylation sites (tertiary alicyclic amines) is 1. The Hall–Kier alpha value is -3.45. The van der Waals surface area contributed by atoms with E-state index in [-0.39, 0.29) is 23.4 Å². The molecular weight excluding hydrogens is 399 g/mol. The minimum absolute atomic E-state index is 0.131. The van der Waals surface area contributed by atoms with Gasteiger partial charge in [-0.1, -0.05) is 30.9 Å². The van der Waals surface area contributed by atoms with Gasteiger partial charge in [-0.2, -0.15) is 0 Å². The van der Waals surface area contributed by atoms with E-state index < -0.39 is 23.5 Å². The van der Waals surface area contributed by atoms with Gasteiger partial charge in [0.25, 0.3) is 11.7 Å². The highest BCUT2D eigenvalue weighted by Crippen LogP contribution is 2.40. The standard InChI is InChI=1S/C24H25FN2O4/c1-4-15-31-17-11-9-16(10-12-17)22(28)20-21(18-7-5-6-8-19(18)25)27(14-13-26(2)3)24(30)23(20)29/h4-12,21,28H,1,13-15H2,2-3H3/b22-20+/t21-/m1/s1. The smallest absolute Gasteiger partial charge is 0.295 e. The SMILES string of the molecule is C=CCOc1ccc(/C(O)=C2\C(=O)C(=O)N(CCN(C)C)[C@@H]2c2ccccc2F)cc1. The maximum Gasteiger partial charge on any atom is 0.295 e. The second-order valence-corrected chi connectivity index (χ2v) is 7.44. The van der Waals surface area contributed by atoms with Gasteiger partial charge in [0.2, 0.25) is 0 Å². The first-order valence-corrected chi connectivity index (χ1v) is 9.86. The van der Waals surface area contributed by atoms with E-state index in [4.69, 9.17) is 4.74 Å². The van der Waals surface area contributed by atoms with Gasteiger partial charge in [-0.25, -0.2) is 4.39 Å². The highest BCUT2D eigenvalue weighted by Gasteiger charge is 2.46. The topological polar surface area (TPSA) is 70.1 Å². The van der Waals surface area contributed by atoms with Crippen LogP contribution in [0.4, 0.5) is 4.39 Å². The normalized spacial score (nSPS) is 17.9. The Morgan fingerprint density at radius 2 is 1.87 bits per heavy atom. The minimum atomic E-state index is -1.02. The molecule has 3 rings (SSSR count). The molecule has 1 N–H and O–H groups in total. The van der Waals surface area contributed by atoms with E-state index in [1.165, 1.54) is 23.1 Å². The van der Waals surface area contributed by atoms with Crippen molar-refractivity contribution in [3.05, 3.63) is 83.7 Å². The van der Waals surface area contributed by atoms with E-state index in [1.54, 1.807) is 36.4 Å². The fraction of sp³-hybridized carbons (Fsp3) is 0.250. The van der Waals surface area contributed by atoms with Gasteiger partial charge < -0.3 is 19.6 Å². The first-order valence-electron chi connectivity index (χ1n) is 9.86. The van der Waals surface area contributed by atoms with Gasteiger partial charge in [0.05, 0.1) is 11.6 Å². The van der Waals surface area contributed by atoms with Gasteiger partial charge in [0.15, 0.2) is 0 Å². The molecular formula is C24H25FN2O4. The van der Waals surface area contributed by atoms with Crippen molar-refractivity contribution in [3.63, 3.8) is 0 Å². The van der Waals surface area contributed by atoms with Crippen molar-refractivity contribution < 1.29 is 23.8 Å². The first-order chi connectivity index (χ1) is 14.8. The lowest BCUT2D eigenvalue weighted by molar-refractivity contribution is -0.140. The zero-order valence-corrected chi connectivity index (χ0v) is 17.5. The number of ether oxygens (including phenoxy) is 1. The lowest BCUT2D eigenvalue weighted by Crippen LogP contribution is -2.35. The quantitative estimate of drug-likeness (QED) is 0.305. The summed E-state index contributed by atoms with van der Waals surface area (Å²) in [4.78, 5) is 28.9. The number of Topliss-reactive ketones (excluding diaryl/α,β-unsaturated/α-hetero) is 1. The van der Waals surface area contributed by atoms with Crippen LogP contribution in [0.25, 0.3) is 5.76 Å². The molecule has 0 radical (unpaired) electrons. The van der Waals surface area contributed by atoms with Crippen LogP contribution in [0.1, 0.15) is 17.2 Å². The monoisotopic (exact) mass is 424 g/mol. The van der Waals surface area contributed by atoms with Crippen LogP contribution < -0.4 is 4.74 Å². The molecule has 2 aromatic carbocycles. The summed E-state index contributed by atoms with van der Waals surface area (Å²) in [7, 11) is 3.68. The van der Waals surface area contributed by atoms with Gasteiger partial charge in [-0.3, -0.25) is 9.59 Å². The third-order valence-corrected chi connectivity index (χ3v) is 5.02. The molecule has 1 heterocycles. The molecule has 7 heteroatoms. The molecule has 0 unspecified atom stereocenters. The lowest BCUT2D eigenvalue weighted by Gasteiger charge is -2.26. The molecule has 0 aliphatic carbocycles. The number of carbonyl (C=O) groups excluding carboxylic acids is 2. The molecule has 0 spiro atoms. The zero-order chi connectivity index (χ0) is 22.5. The van der Waals surface area contributed by atoms with Crippen LogP contribution in [0.3, 0.4) is 0 Å². The molecule has 162 valence electrons. The molecule has 1 amide bonds. The Balaban J connectivity index is 2.08. The average molecular weight is 424 g/mol. The summed E-state index contributed by atoms with van der Waals surface area (Å²) in [6.07, 6.45) is 1.61. The molecule has 1 aliphatic rings. The highest BCUT2D eigenvalue weighted by atomic mass is 19.1. The number of aliphatic hydroxyl groups excluding tert-OH is 1. The first kappa shape index (κ1) is 22.2. The molecule has 0 aromatic heterocycles. The third kappa shape index (κ3) is 4.67. The molecule has 1 fully saturated rings. The Kier molecular flexibility index (Phi) is 6.87. The summed E-state index contributed by atoms with van der Waals surface area (Å²) in [6.45, 7) is 4.60. The van der Waals surface area contributed by atoms with E-state index >= 15 is 0 Å². The molecule has 0 bridgehead atoms. The van der Waals surface area contributed by atoms with Gasteiger partial charge in [0, 0.05) is 24.2 Å². The van der Waals surface area contributed by atoms with Crippen molar-refractivity contribution in [2.75, 3.05) is 33.8 Å².